The molecule has 0 bridgehead atoms. The van der Waals surface area contributed by atoms with Crippen LogP contribution in [-0.4, -0.2) is 17.6 Å². The second-order valence-electron chi connectivity index (χ2n) is 5.69. The van der Waals surface area contributed by atoms with Crippen LogP contribution >= 0.6 is 0 Å². The number of ether oxygens (including phenoxy) is 1. The fourth-order valence-electron chi connectivity index (χ4n) is 2.58. The number of nitrogens with two attached hydrogens (primary N) is 1. The highest BCUT2D eigenvalue weighted by molar-refractivity contribution is 5.43. The molecule has 21 heavy (non-hydrogen) atoms. The van der Waals surface area contributed by atoms with Crippen LogP contribution in [0.25, 0.3) is 0 Å². The van der Waals surface area contributed by atoms with Gasteiger partial charge in [0.2, 0.25) is 0 Å². The normalized spacial score (nSPS) is 12.2. The number of rotatable bonds is 6. The molecule has 0 fully saturated rings. The standard InChI is InChI=1S/C18H24N2O/c1-13-10-17(12-15(3)19)11-14(2)18(13)21-9-6-16-4-7-20-8-5-16/h4-5,7-8,10-11,15H,6,9,12,19H2,1-3H3. The number of benzene rings is 1. The number of hydrogen-bond acceptors (Lipinski definition) is 3. The number of hydrogen-bond donors (Lipinski definition) is 1. The summed E-state index contributed by atoms with van der Waals surface area (Å²) in [6, 6.07) is 8.59. The fourth-order valence-corrected chi connectivity index (χ4v) is 2.58. The first kappa shape index (κ1) is 15.5. The molecule has 2 N–H and O–H groups in total. The second-order valence-corrected chi connectivity index (χ2v) is 5.69. The topological polar surface area (TPSA) is 48.1 Å². The van der Waals surface area contributed by atoms with Crippen molar-refractivity contribution < 1.29 is 4.74 Å². The lowest BCUT2D eigenvalue weighted by Crippen LogP contribution is -2.18. The van der Waals surface area contributed by atoms with Gasteiger partial charge in [-0.05, 0) is 61.6 Å². The van der Waals surface area contributed by atoms with Crippen molar-refractivity contribution in [3.8, 4) is 5.75 Å². The summed E-state index contributed by atoms with van der Waals surface area (Å²) >= 11 is 0. The van der Waals surface area contributed by atoms with Crippen LogP contribution in [0.15, 0.2) is 36.7 Å². The molecule has 1 heterocycles. The molecule has 0 aliphatic carbocycles. The highest BCUT2D eigenvalue weighted by atomic mass is 16.5. The molecule has 0 aliphatic heterocycles. The molecule has 3 nitrogen and oxygen atoms in total. The van der Waals surface area contributed by atoms with Crippen molar-refractivity contribution in [1.29, 1.82) is 0 Å². The van der Waals surface area contributed by atoms with Gasteiger partial charge in [0, 0.05) is 24.9 Å². The Hall–Kier alpha value is -1.87. The van der Waals surface area contributed by atoms with E-state index in [0.717, 1.165) is 18.6 Å². The average molecular weight is 284 g/mol. The van der Waals surface area contributed by atoms with Crippen molar-refractivity contribution in [3.63, 3.8) is 0 Å². The third-order valence-electron chi connectivity index (χ3n) is 3.46. The first-order chi connectivity index (χ1) is 10.1. The first-order valence-corrected chi connectivity index (χ1v) is 7.43. The Labute approximate surface area is 127 Å². The lowest BCUT2D eigenvalue weighted by Gasteiger charge is -2.15. The van der Waals surface area contributed by atoms with E-state index in [-0.39, 0.29) is 6.04 Å². The summed E-state index contributed by atoms with van der Waals surface area (Å²) < 4.78 is 5.98. The summed E-state index contributed by atoms with van der Waals surface area (Å²) in [7, 11) is 0. The molecule has 3 heteroatoms. The molecule has 1 unspecified atom stereocenters. The zero-order valence-electron chi connectivity index (χ0n) is 13.1. The molecule has 0 aliphatic rings. The van der Waals surface area contributed by atoms with Crippen LogP contribution in [0.4, 0.5) is 0 Å². The molecular formula is C18H24N2O. The van der Waals surface area contributed by atoms with Gasteiger partial charge in [-0.15, -0.1) is 0 Å². The quantitative estimate of drug-likeness (QED) is 0.886. The molecule has 0 saturated carbocycles. The summed E-state index contributed by atoms with van der Waals surface area (Å²) in [4.78, 5) is 4.02. The Bertz CT molecular complexity index is 556. The predicted molar refractivity (Wildman–Crippen MR) is 86.7 cm³/mol. The zero-order valence-corrected chi connectivity index (χ0v) is 13.1. The molecule has 0 amide bonds. The molecule has 0 saturated heterocycles. The number of nitrogens with zero attached hydrogens (tertiary/aromatic N) is 1. The van der Waals surface area contributed by atoms with Gasteiger partial charge in [-0.2, -0.15) is 0 Å². The van der Waals surface area contributed by atoms with E-state index in [4.69, 9.17) is 10.5 Å². The highest BCUT2D eigenvalue weighted by Crippen LogP contribution is 2.25. The number of pyridine rings is 1. The van der Waals surface area contributed by atoms with Gasteiger partial charge >= 0.3 is 0 Å². The SMILES string of the molecule is Cc1cc(CC(C)N)cc(C)c1OCCc1ccncc1. The van der Waals surface area contributed by atoms with Crippen LogP contribution in [0.5, 0.6) is 5.75 Å². The summed E-state index contributed by atoms with van der Waals surface area (Å²) in [6.07, 6.45) is 5.42. The minimum atomic E-state index is 0.183. The van der Waals surface area contributed by atoms with E-state index < -0.39 is 0 Å². The van der Waals surface area contributed by atoms with E-state index >= 15 is 0 Å². The van der Waals surface area contributed by atoms with Crippen molar-refractivity contribution in [2.45, 2.75) is 39.7 Å². The predicted octanol–water partition coefficient (Wildman–Crippen LogP) is 3.21. The van der Waals surface area contributed by atoms with Crippen LogP contribution in [-0.2, 0) is 12.8 Å². The summed E-state index contributed by atoms with van der Waals surface area (Å²) in [6.45, 7) is 6.90. The van der Waals surface area contributed by atoms with Gasteiger partial charge in [-0.25, -0.2) is 0 Å². The van der Waals surface area contributed by atoms with Crippen molar-refractivity contribution in [3.05, 3.63) is 58.9 Å². The van der Waals surface area contributed by atoms with Gasteiger partial charge in [0.05, 0.1) is 6.61 Å². The Morgan fingerprint density at radius 1 is 1.10 bits per heavy atom. The van der Waals surface area contributed by atoms with Crippen molar-refractivity contribution in [1.82, 2.24) is 4.98 Å². The van der Waals surface area contributed by atoms with E-state index in [1.54, 1.807) is 0 Å². The fraction of sp³-hybridized carbons (Fsp3) is 0.389. The maximum Gasteiger partial charge on any atom is 0.125 e. The van der Waals surface area contributed by atoms with Crippen LogP contribution in [0.1, 0.15) is 29.2 Å². The van der Waals surface area contributed by atoms with Crippen LogP contribution < -0.4 is 10.5 Å². The van der Waals surface area contributed by atoms with Gasteiger partial charge in [0.1, 0.15) is 5.75 Å². The van der Waals surface area contributed by atoms with Crippen molar-refractivity contribution in [2.75, 3.05) is 6.61 Å². The first-order valence-electron chi connectivity index (χ1n) is 7.43. The molecule has 2 rings (SSSR count). The van der Waals surface area contributed by atoms with Crippen molar-refractivity contribution in [2.24, 2.45) is 5.73 Å². The molecule has 0 spiro atoms. The van der Waals surface area contributed by atoms with Gasteiger partial charge in [-0.1, -0.05) is 12.1 Å². The Morgan fingerprint density at radius 2 is 1.71 bits per heavy atom. The van der Waals surface area contributed by atoms with E-state index in [1.165, 1.54) is 22.3 Å². The minimum absolute atomic E-state index is 0.183. The van der Waals surface area contributed by atoms with E-state index in [2.05, 4.69) is 31.0 Å². The van der Waals surface area contributed by atoms with Gasteiger partial charge in [-0.3, -0.25) is 4.98 Å². The molecular weight excluding hydrogens is 260 g/mol. The second kappa shape index (κ2) is 7.23. The summed E-state index contributed by atoms with van der Waals surface area (Å²) in [5.74, 6) is 0.998. The van der Waals surface area contributed by atoms with Gasteiger partial charge < -0.3 is 10.5 Å². The van der Waals surface area contributed by atoms with Crippen molar-refractivity contribution >= 4 is 0 Å². The third kappa shape index (κ3) is 4.57. The van der Waals surface area contributed by atoms with E-state index in [0.29, 0.717) is 6.61 Å². The van der Waals surface area contributed by atoms with Gasteiger partial charge in [0.25, 0.3) is 0 Å². The zero-order chi connectivity index (χ0) is 15.2. The lowest BCUT2D eigenvalue weighted by atomic mass is 10.0. The third-order valence-corrected chi connectivity index (χ3v) is 3.46. The number of aromatic nitrogens is 1. The maximum atomic E-state index is 5.98. The van der Waals surface area contributed by atoms with Crippen LogP contribution in [0.2, 0.25) is 0 Å². The largest absolute Gasteiger partial charge is 0.493 e. The molecule has 1 aromatic heterocycles. The highest BCUT2D eigenvalue weighted by Gasteiger charge is 2.08. The summed E-state index contributed by atoms with van der Waals surface area (Å²) in [5.41, 5.74) is 10.8. The van der Waals surface area contributed by atoms with E-state index in [9.17, 15) is 0 Å². The van der Waals surface area contributed by atoms with Crippen LogP contribution in [0, 0.1) is 13.8 Å². The average Bonchev–Trinajstić information content (AvgIpc) is 2.42. The smallest absolute Gasteiger partial charge is 0.125 e. The minimum Gasteiger partial charge on any atom is -0.493 e. The Morgan fingerprint density at radius 3 is 2.29 bits per heavy atom. The molecule has 1 atom stereocenters. The monoisotopic (exact) mass is 284 g/mol. The number of aryl methyl sites for hydroxylation is 2. The molecule has 1 aromatic carbocycles. The molecule has 0 radical (unpaired) electrons. The maximum absolute atomic E-state index is 5.98. The summed E-state index contributed by atoms with van der Waals surface area (Å²) in [5, 5.41) is 0. The Kier molecular flexibility index (Phi) is 5.34. The van der Waals surface area contributed by atoms with Crippen LogP contribution in [0.3, 0.4) is 0 Å². The van der Waals surface area contributed by atoms with Gasteiger partial charge in [0.15, 0.2) is 0 Å². The Balaban J connectivity index is 2.00. The lowest BCUT2D eigenvalue weighted by molar-refractivity contribution is 0.317. The molecule has 2 aromatic rings. The van der Waals surface area contributed by atoms with E-state index in [1.807, 2.05) is 31.5 Å². The molecule has 112 valence electrons.